The Balaban J connectivity index is 1.25. The number of nitrogens with zero attached hydrogens (tertiary/aromatic N) is 3. The van der Waals surface area contributed by atoms with Crippen LogP contribution in [0.5, 0.6) is 5.75 Å². The van der Waals surface area contributed by atoms with E-state index in [0.717, 1.165) is 41.7 Å². The molecule has 2 heterocycles. The van der Waals surface area contributed by atoms with Crippen LogP contribution in [-0.2, 0) is 14.8 Å². The van der Waals surface area contributed by atoms with E-state index in [9.17, 15) is 13.2 Å². The average molecular weight is 494 g/mol. The molecule has 3 aromatic carbocycles. The van der Waals surface area contributed by atoms with Gasteiger partial charge in [0.05, 0.1) is 23.6 Å². The van der Waals surface area contributed by atoms with E-state index >= 15 is 0 Å². The largest absolute Gasteiger partial charge is 0.495 e. The van der Waals surface area contributed by atoms with Gasteiger partial charge in [-0.3, -0.25) is 4.79 Å². The normalized spacial score (nSPS) is 19.6. The summed E-state index contributed by atoms with van der Waals surface area (Å²) in [6.07, 6.45) is 1.40. The van der Waals surface area contributed by atoms with Crippen LogP contribution in [0.15, 0.2) is 71.6 Å². The number of fused-ring (bicyclic) bond motifs is 1. The lowest BCUT2D eigenvalue weighted by Gasteiger charge is -2.39. The fourth-order valence-electron chi connectivity index (χ4n) is 5.16. The van der Waals surface area contributed by atoms with Gasteiger partial charge in [0.15, 0.2) is 0 Å². The SMILES string of the molecule is COc1ccccc1N1CCN(C(=O)[C@H]2CCCN(S(=O)(=O)c3ccc4ccccc4c3)C2)CC1. The van der Waals surface area contributed by atoms with Crippen LogP contribution >= 0.6 is 0 Å². The molecular formula is C27H31N3O4S. The maximum absolute atomic E-state index is 13.4. The van der Waals surface area contributed by atoms with E-state index in [0.29, 0.717) is 26.1 Å². The van der Waals surface area contributed by atoms with Crippen molar-refractivity contribution in [1.29, 1.82) is 0 Å². The van der Waals surface area contributed by atoms with Gasteiger partial charge in [-0.05, 0) is 47.9 Å². The zero-order valence-corrected chi connectivity index (χ0v) is 20.8. The first kappa shape index (κ1) is 23.6. The zero-order valence-electron chi connectivity index (χ0n) is 20.0. The van der Waals surface area contributed by atoms with E-state index < -0.39 is 10.0 Å². The van der Waals surface area contributed by atoms with Gasteiger partial charge in [0.2, 0.25) is 15.9 Å². The van der Waals surface area contributed by atoms with Crippen LogP contribution in [-0.4, -0.2) is 69.9 Å². The molecule has 0 radical (unpaired) electrons. The van der Waals surface area contributed by atoms with Crippen molar-refractivity contribution >= 4 is 32.4 Å². The van der Waals surface area contributed by atoms with Gasteiger partial charge in [0.25, 0.3) is 0 Å². The van der Waals surface area contributed by atoms with E-state index in [1.807, 2.05) is 59.5 Å². The lowest BCUT2D eigenvalue weighted by atomic mass is 9.97. The number of rotatable bonds is 5. The molecule has 3 aromatic rings. The Kier molecular flexibility index (Phi) is 6.67. The highest BCUT2D eigenvalue weighted by atomic mass is 32.2. The molecule has 0 saturated carbocycles. The number of amides is 1. The van der Waals surface area contributed by atoms with E-state index in [4.69, 9.17) is 4.74 Å². The molecule has 2 fully saturated rings. The first-order valence-corrected chi connectivity index (χ1v) is 13.6. The van der Waals surface area contributed by atoms with E-state index in [1.165, 1.54) is 4.31 Å². The minimum absolute atomic E-state index is 0.0584. The summed E-state index contributed by atoms with van der Waals surface area (Å²) in [6, 6.07) is 20.9. The van der Waals surface area contributed by atoms with Crippen molar-refractivity contribution < 1.29 is 17.9 Å². The van der Waals surface area contributed by atoms with Crippen LogP contribution in [0.25, 0.3) is 10.8 Å². The Bertz CT molecular complexity index is 1320. The van der Waals surface area contributed by atoms with Crippen molar-refractivity contribution in [2.45, 2.75) is 17.7 Å². The molecule has 0 unspecified atom stereocenters. The third-order valence-electron chi connectivity index (χ3n) is 7.11. The van der Waals surface area contributed by atoms with Gasteiger partial charge in [0, 0.05) is 39.3 Å². The summed E-state index contributed by atoms with van der Waals surface area (Å²) >= 11 is 0. The summed E-state index contributed by atoms with van der Waals surface area (Å²) in [5, 5.41) is 1.90. The molecule has 7 nitrogen and oxygen atoms in total. The average Bonchev–Trinajstić information content (AvgIpc) is 2.92. The Morgan fingerprint density at radius 3 is 2.37 bits per heavy atom. The van der Waals surface area contributed by atoms with Gasteiger partial charge in [-0.2, -0.15) is 4.31 Å². The molecule has 0 spiro atoms. The molecule has 2 saturated heterocycles. The van der Waals surface area contributed by atoms with E-state index in [1.54, 1.807) is 19.2 Å². The van der Waals surface area contributed by atoms with Crippen molar-refractivity contribution in [3.8, 4) is 5.75 Å². The van der Waals surface area contributed by atoms with Gasteiger partial charge in [-0.25, -0.2) is 8.42 Å². The Morgan fingerprint density at radius 2 is 1.60 bits per heavy atom. The molecular weight excluding hydrogens is 462 g/mol. The molecule has 2 aliphatic heterocycles. The summed E-state index contributed by atoms with van der Waals surface area (Å²) in [6.45, 7) is 3.35. The number of para-hydroxylation sites is 2. The number of anilines is 1. The van der Waals surface area contributed by atoms with E-state index in [2.05, 4.69) is 4.90 Å². The number of sulfonamides is 1. The van der Waals surface area contributed by atoms with Gasteiger partial charge < -0.3 is 14.5 Å². The van der Waals surface area contributed by atoms with Crippen LogP contribution in [0.2, 0.25) is 0 Å². The number of benzene rings is 3. The number of hydrogen-bond donors (Lipinski definition) is 0. The third-order valence-corrected chi connectivity index (χ3v) is 8.97. The Hall–Kier alpha value is -3.10. The molecule has 0 aliphatic carbocycles. The maximum atomic E-state index is 13.4. The first-order chi connectivity index (χ1) is 17.0. The minimum atomic E-state index is -3.66. The Labute approximate surface area is 206 Å². The van der Waals surface area contributed by atoms with Crippen molar-refractivity contribution in [3.63, 3.8) is 0 Å². The number of piperazine rings is 1. The summed E-state index contributed by atoms with van der Waals surface area (Å²) in [4.78, 5) is 17.8. The number of piperidine rings is 1. The molecule has 0 bridgehead atoms. The molecule has 0 aromatic heterocycles. The summed E-state index contributed by atoms with van der Waals surface area (Å²) in [5.74, 6) is 0.578. The van der Waals surface area contributed by atoms with Crippen LogP contribution in [0.3, 0.4) is 0 Å². The molecule has 5 rings (SSSR count). The maximum Gasteiger partial charge on any atom is 0.243 e. The van der Waals surface area contributed by atoms with Crippen molar-refractivity contribution in [3.05, 3.63) is 66.7 Å². The number of hydrogen-bond acceptors (Lipinski definition) is 5. The standard InChI is InChI=1S/C27H31N3O4S/c1-34-26-11-5-4-10-25(26)28-15-17-29(18-16-28)27(31)23-9-6-14-30(20-23)35(32,33)24-13-12-21-7-2-3-8-22(21)19-24/h2-5,7-8,10-13,19,23H,6,9,14-18,20H2,1H3/t23-/m0/s1. The van der Waals surface area contributed by atoms with Gasteiger partial charge in [0.1, 0.15) is 5.75 Å². The van der Waals surface area contributed by atoms with Gasteiger partial charge in [-0.15, -0.1) is 0 Å². The number of methoxy groups -OCH3 is 1. The highest BCUT2D eigenvalue weighted by Crippen LogP contribution is 2.30. The first-order valence-electron chi connectivity index (χ1n) is 12.1. The molecule has 2 aliphatic rings. The fraction of sp³-hybridized carbons (Fsp3) is 0.370. The van der Waals surface area contributed by atoms with Crippen LogP contribution in [0.1, 0.15) is 12.8 Å². The highest BCUT2D eigenvalue weighted by molar-refractivity contribution is 7.89. The molecule has 0 N–H and O–H groups in total. The van der Waals surface area contributed by atoms with Gasteiger partial charge in [-0.1, -0.05) is 42.5 Å². The Morgan fingerprint density at radius 1 is 0.886 bits per heavy atom. The lowest BCUT2D eigenvalue weighted by Crippen LogP contribution is -2.53. The second-order valence-electron chi connectivity index (χ2n) is 9.20. The van der Waals surface area contributed by atoms with Crippen LogP contribution in [0.4, 0.5) is 5.69 Å². The number of carbonyl (C=O) groups excluding carboxylic acids is 1. The summed E-state index contributed by atoms with van der Waals surface area (Å²) in [7, 11) is -2.00. The predicted octanol–water partition coefficient (Wildman–Crippen LogP) is 3.60. The molecule has 1 atom stereocenters. The van der Waals surface area contributed by atoms with Crippen molar-refractivity contribution in [2.24, 2.45) is 5.92 Å². The molecule has 1 amide bonds. The fourth-order valence-corrected chi connectivity index (χ4v) is 6.72. The topological polar surface area (TPSA) is 70.2 Å². The third kappa shape index (κ3) is 4.73. The zero-order chi connectivity index (χ0) is 24.4. The summed E-state index contributed by atoms with van der Waals surface area (Å²) < 4.78 is 33.8. The van der Waals surface area contributed by atoms with Crippen molar-refractivity contribution in [2.75, 3.05) is 51.3 Å². The van der Waals surface area contributed by atoms with Crippen LogP contribution < -0.4 is 9.64 Å². The lowest BCUT2D eigenvalue weighted by molar-refractivity contribution is -0.137. The molecule has 35 heavy (non-hydrogen) atoms. The predicted molar refractivity (Wildman–Crippen MR) is 137 cm³/mol. The molecule has 184 valence electrons. The minimum Gasteiger partial charge on any atom is -0.495 e. The van der Waals surface area contributed by atoms with Crippen LogP contribution in [0, 0.1) is 5.92 Å². The monoisotopic (exact) mass is 493 g/mol. The second kappa shape index (κ2) is 9.87. The van der Waals surface area contributed by atoms with E-state index in [-0.39, 0.29) is 23.3 Å². The summed E-state index contributed by atoms with van der Waals surface area (Å²) in [5.41, 5.74) is 1.03. The van der Waals surface area contributed by atoms with Crippen molar-refractivity contribution in [1.82, 2.24) is 9.21 Å². The number of ether oxygens (including phenoxy) is 1. The molecule has 8 heteroatoms. The van der Waals surface area contributed by atoms with Gasteiger partial charge >= 0.3 is 0 Å². The number of carbonyl (C=O) groups is 1. The quantitative estimate of drug-likeness (QED) is 0.543. The second-order valence-corrected chi connectivity index (χ2v) is 11.1. The smallest absolute Gasteiger partial charge is 0.243 e. The highest BCUT2D eigenvalue weighted by Gasteiger charge is 2.36.